The van der Waals surface area contributed by atoms with Gasteiger partial charge in [0.25, 0.3) is 5.91 Å². The van der Waals surface area contributed by atoms with E-state index >= 15 is 0 Å². The SMILES string of the molecule is COc1ccc(CNc2ncnc3c2c(-c2ccn(C)n2)cn3C2OC(C(=O)N[C@H]3CCCNC3)C(O)C2O)c(OC)c1. The van der Waals surface area contributed by atoms with Crippen molar-refractivity contribution >= 4 is 22.8 Å². The smallest absolute Gasteiger partial charge is 0.252 e. The largest absolute Gasteiger partial charge is 0.497 e. The van der Waals surface area contributed by atoms with Gasteiger partial charge in [-0.2, -0.15) is 5.10 Å². The number of aliphatic hydroxyl groups is 2. The number of aryl methyl sites for hydroxylation is 1. The van der Waals surface area contributed by atoms with E-state index in [1.807, 2.05) is 37.5 Å². The zero-order chi connectivity index (χ0) is 30.1. The molecule has 2 aliphatic heterocycles. The van der Waals surface area contributed by atoms with Gasteiger partial charge in [0.1, 0.15) is 41.5 Å². The molecule has 5 atom stereocenters. The van der Waals surface area contributed by atoms with Gasteiger partial charge in [0, 0.05) is 55.8 Å². The summed E-state index contributed by atoms with van der Waals surface area (Å²) >= 11 is 0. The Morgan fingerprint density at radius 1 is 1.19 bits per heavy atom. The van der Waals surface area contributed by atoms with Crippen molar-refractivity contribution in [2.75, 3.05) is 32.6 Å². The Hall–Kier alpha value is -4.24. The molecule has 14 heteroatoms. The van der Waals surface area contributed by atoms with Crippen LogP contribution < -0.4 is 25.4 Å². The molecule has 2 fully saturated rings. The van der Waals surface area contributed by atoms with E-state index in [1.54, 1.807) is 29.7 Å². The van der Waals surface area contributed by atoms with E-state index in [0.29, 0.717) is 52.7 Å². The van der Waals surface area contributed by atoms with Crippen molar-refractivity contribution in [1.29, 1.82) is 0 Å². The lowest BCUT2D eigenvalue weighted by molar-refractivity contribution is -0.138. The highest BCUT2D eigenvalue weighted by Crippen LogP contribution is 2.39. The summed E-state index contributed by atoms with van der Waals surface area (Å²) in [5.41, 5.74) is 2.66. The molecule has 1 amide bonds. The highest BCUT2D eigenvalue weighted by molar-refractivity contribution is 6.00. The van der Waals surface area contributed by atoms with Gasteiger partial charge in [0.15, 0.2) is 12.3 Å². The number of ether oxygens (including phenoxy) is 3. The molecule has 0 aliphatic carbocycles. The zero-order valence-corrected chi connectivity index (χ0v) is 24.2. The van der Waals surface area contributed by atoms with Crippen molar-refractivity contribution < 1.29 is 29.2 Å². The monoisotopic (exact) mass is 592 g/mol. The summed E-state index contributed by atoms with van der Waals surface area (Å²) < 4.78 is 20.2. The molecule has 0 bridgehead atoms. The zero-order valence-electron chi connectivity index (χ0n) is 24.2. The lowest BCUT2D eigenvalue weighted by Crippen LogP contribution is -2.51. The molecular formula is C29H36N8O6. The fraction of sp³-hybridized carbons (Fsp3) is 0.448. The molecule has 43 heavy (non-hydrogen) atoms. The lowest BCUT2D eigenvalue weighted by Gasteiger charge is -2.25. The fourth-order valence-corrected chi connectivity index (χ4v) is 5.71. The summed E-state index contributed by atoms with van der Waals surface area (Å²) in [6.45, 7) is 1.93. The van der Waals surface area contributed by atoms with Gasteiger partial charge in [0.05, 0.1) is 25.3 Å². The number of amides is 1. The van der Waals surface area contributed by atoms with Gasteiger partial charge in [-0.25, -0.2) is 9.97 Å². The third-order valence-electron chi connectivity index (χ3n) is 7.95. The van der Waals surface area contributed by atoms with Gasteiger partial charge in [-0.3, -0.25) is 9.48 Å². The van der Waals surface area contributed by atoms with Crippen LogP contribution in [0.15, 0.2) is 43.0 Å². The van der Waals surface area contributed by atoms with Crippen molar-refractivity contribution in [1.82, 2.24) is 34.9 Å². The summed E-state index contributed by atoms with van der Waals surface area (Å²) in [5.74, 6) is 1.40. The van der Waals surface area contributed by atoms with Crippen molar-refractivity contribution in [3.63, 3.8) is 0 Å². The fourth-order valence-electron chi connectivity index (χ4n) is 5.71. The Bertz CT molecular complexity index is 1600. The minimum absolute atomic E-state index is 0.0675. The van der Waals surface area contributed by atoms with E-state index in [0.717, 1.165) is 24.9 Å². The number of anilines is 1. The van der Waals surface area contributed by atoms with E-state index in [1.165, 1.54) is 6.33 Å². The van der Waals surface area contributed by atoms with Crippen LogP contribution in [0, 0.1) is 0 Å². The number of carbonyl (C=O) groups excluding carboxylic acids is 1. The number of nitrogens with one attached hydrogen (secondary N) is 3. The lowest BCUT2D eigenvalue weighted by atomic mass is 10.1. The number of benzene rings is 1. The van der Waals surface area contributed by atoms with Gasteiger partial charge < -0.3 is 44.9 Å². The average molecular weight is 593 g/mol. The van der Waals surface area contributed by atoms with Crippen LogP contribution in [0.4, 0.5) is 5.82 Å². The average Bonchev–Trinajstić information content (AvgIpc) is 3.71. The van der Waals surface area contributed by atoms with Gasteiger partial charge >= 0.3 is 0 Å². The number of aliphatic hydroxyl groups excluding tert-OH is 2. The highest BCUT2D eigenvalue weighted by atomic mass is 16.6. The Kier molecular flexibility index (Phi) is 8.17. The number of hydrogen-bond acceptors (Lipinski definition) is 11. The van der Waals surface area contributed by atoms with Crippen molar-refractivity contribution in [3.8, 4) is 22.8 Å². The minimum atomic E-state index is -1.43. The maximum absolute atomic E-state index is 13.1. The topological polar surface area (TPSA) is 170 Å². The van der Waals surface area contributed by atoms with Crippen molar-refractivity contribution in [3.05, 3.63) is 48.5 Å². The normalized spacial score (nSPS) is 23.8. The van der Waals surface area contributed by atoms with Crippen LogP contribution in [-0.4, -0.2) is 92.1 Å². The maximum Gasteiger partial charge on any atom is 0.252 e. The summed E-state index contributed by atoms with van der Waals surface area (Å²) in [5, 5.41) is 36.8. The second-order valence-electron chi connectivity index (χ2n) is 10.8. The number of aromatic nitrogens is 5. The van der Waals surface area contributed by atoms with Crippen LogP contribution >= 0.6 is 0 Å². The number of nitrogens with zero attached hydrogens (tertiary/aromatic N) is 5. The standard InChI is InChI=1S/C29H36N8O6/c1-36-10-8-20(35-36)19-14-37(29-24(39)23(38)25(43-29)28(40)34-17-5-4-9-30-13-17)27-22(19)26(32-15-33-27)31-12-16-6-7-18(41-2)11-21(16)42-3/h6-8,10-11,14-15,17,23-25,29-30,38-39H,4-5,9,12-13H2,1-3H3,(H,34,40)(H,31,32,33)/t17-,23?,24?,25?,29?/m0/s1. The van der Waals surface area contributed by atoms with Crippen LogP contribution in [0.25, 0.3) is 22.3 Å². The molecule has 14 nitrogen and oxygen atoms in total. The Morgan fingerprint density at radius 3 is 2.77 bits per heavy atom. The van der Waals surface area contributed by atoms with Crippen LogP contribution in [0.2, 0.25) is 0 Å². The van der Waals surface area contributed by atoms with E-state index in [-0.39, 0.29) is 6.04 Å². The van der Waals surface area contributed by atoms with E-state index in [9.17, 15) is 15.0 Å². The van der Waals surface area contributed by atoms with Gasteiger partial charge in [-0.15, -0.1) is 0 Å². The molecule has 4 unspecified atom stereocenters. The first-order chi connectivity index (χ1) is 20.9. The highest BCUT2D eigenvalue weighted by Gasteiger charge is 2.48. The number of hydrogen-bond donors (Lipinski definition) is 5. The Balaban J connectivity index is 1.34. The molecule has 5 N–H and O–H groups in total. The molecule has 6 rings (SSSR count). The summed E-state index contributed by atoms with van der Waals surface area (Å²) in [7, 11) is 5.02. The van der Waals surface area contributed by atoms with Gasteiger partial charge in [-0.05, 0) is 37.6 Å². The van der Waals surface area contributed by atoms with Crippen LogP contribution in [-0.2, 0) is 23.1 Å². The number of rotatable bonds is 9. The predicted molar refractivity (Wildman–Crippen MR) is 157 cm³/mol. The number of carbonyl (C=O) groups is 1. The Labute approximate surface area is 248 Å². The van der Waals surface area contributed by atoms with E-state index in [4.69, 9.17) is 14.2 Å². The quantitative estimate of drug-likeness (QED) is 0.188. The molecule has 1 aromatic carbocycles. The molecule has 5 heterocycles. The molecule has 228 valence electrons. The summed E-state index contributed by atoms with van der Waals surface area (Å²) in [4.78, 5) is 22.2. The Morgan fingerprint density at radius 2 is 2.05 bits per heavy atom. The third-order valence-corrected chi connectivity index (χ3v) is 7.95. The molecule has 0 spiro atoms. The molecule has 2 saturated heterocycles. The first-order valence-corrected chi connectivity index (χ1v) is 14.2. The van der Waals surface area contributed by atoms with E-state index < -0.39 is 30.4 Å². The summed E-state index contributed by atoms with van der Waals surface area (Å²) in [6, 6.07) is 7.36. The maximum atomic E-state index is 13.1. The van der Waals surface area contributed by atoms with Crippen LogP contribution in [0.1, 0.15) is 24.6 Å². The molecule has 3 aromatic heterocycles. The second-order valence-corrected chi connectivity index (χ2v) is 10.8. The molecule has 0 radical (unpaired) electrons. The van der Waals surface area contributed by atoms with Crippen molar-refractivity contribution in [2.45, 2.75) is 50.0 Å². The molecule has 2 aliphatic rings. The van der Waals surface area contributed by atoms with E-state index in [2.05, 4.69) is 31.0 Å². The van der Waals surface area contributed by atoms with Gasteiger partial charge in [0.2, 0.25) is 0 Å². The number of methoxy groups -OCH3 is 2. The van der Waals surface area contributed by atoms with Crippen LogP contribution in [0.3, 0.4) is 0 Å². The molecule has 0 saturated carbocycles. The first kappa shape index (κ1) is 28.9. The van der Waals surface area contributed by atoms with Gasteiger partial charge in [-0.1, -0.05) is 0 Å². The predicted octanol–water partition coefficient (Wildman–Crippen LogP) is 0.949. The molecular weight excluding hydrogens is 556 g/mol. The van der Waals surface area contributed by atoms with Crippen LogP contribution in [0.5, 0.6) is 11.5 Å². The summed E-state index contributed by atoms with van der Waals surface area (Å²) in [6.07, 6.45) is 1.61. The third kappa shape index (κ3) is 5.61. The minimum Gasteiger partial charge on any atom is -0.497 e. The number of piperidine rings is 1. The number of fused-ring (bicyclic) bond motifs is 1. The van der Waals surface area contributed by atoms with Crippen molar-refractivity contribution in [2.24, 2.45) is 7.05 Å². The second kappa shape index (κ2) is 12.2. The first-order valence-electron chi connectivity index (χ1n) is 14.2. The molecule has 4 aromatic rings.